The van der Waals surface area contributed by atoms with Crippen LogP contribution in [0.25, 0.3) is 16.9 Å². The molecule has 0 spiro atoms. The van der Waals surface area contributed by atoms with Crippen molar-refractivity contribution >= 4 is 39.1 Å². The third kappa shape index (κ3) is 3.44. The fourth-order valence-corrected chi connectivity index (χ4v) is 3.22. The van der Waals surface area contributed by atoms with Crippen molar-refractivity contribution in [1.82, 2.24) is 9.38 Å². The lowest BCUT2D eigenvalue weighted by Gasteiger charge is -2.10. The highest BCUT2D eigenvalue weighted by Crippen LogP contribution is 2.32. The number of imidazole rings is 1. The zero-order chi connectivity index (χ0) is 18.8. The molecular formula is C21H16BrN3O2. The van der Waals surface area contributed by atoms with E-state index in [-0.39, 0.29) is 5.97 Å². The van der Waals surface area contributed by atoms with Crippen molar-refractivity contribution in [3.8, 4) is 11.3 Å². The number of benzene rings is 2. The van der Waals surface area contributed by atoms with E-state index in [1.165, 1.54) is 7.11 Å². The van der Waals surface area contributed by atoms with E-state index in [1.807, 2.05) is 65.2 Å². The lowest BCUT2D eigenvalue weighted by Crippen LogP contribution is -2.01. The van der Waals surface area contributed by atoms with Gasteiger partial charge in [0.25, 0.3) is 0 Å². The average Bonchev–Trinajstić information content (AvgIpc) is 3.06. The Bertz CT molecular complexity index is 1110. The Morgan fingerprint density at radius 3 is 2.48 bits per heavy atom. The van der Waals surface area contributed by atoms with Crippen LogP contribution < -0.4 is 5.32 Å². The monoisotopic (exact) mass is 421 g/mol. The second kappa shape index (κ2) is 7.25. The number of nitrogens with one attached hydrogen (secondary N) is 1. The first-order chi connectivity index (χ1) is 13.2. The van der Waals surface area contributed by atoms with Crippen LogP contribution in [0.3, 0.4) is 0 Å². The molecule has 2 aromatic carbocycles. The lowest BCUT2D eigenvalue weighted by molar-refractivity contribution is 0.0601. The van der Waals surface area contributed by atoms with Crippen LogP contribution in [0.5, 0.6) is 0 Å². The predicted octanol–water partition coefficient (Wildman–Crippen LogP) is 5.29. The molecule has 5 nitrogen and oxygen atoms in total. The van der Waals surface area contributed by atoms with E-state index in [4.69, 9.17) is 9.72 Å². The van der Waals surface area contributed by atoms with Gasteiger partial charge in [-0.25, -0.2) is 9.78 Å². The van der Waals surface area contributed by atoms with Gasteiger partial charge in [0, 0.05) is 21.9 Å². The van der Waals surface area contributed by atoms with Crippen molar-refractivity contribution in [3.63, 3.8) is 0 Å². The maximum absolute atomic E-state index is 11.6. The molecule has 2 heterocycles. The number of carbonyl (C=O) groups is 1. The van der Waals surface area contributed by atoms with Gasteiger partial charge in [-0.15, -0.1) is 0 Å². The number of fused-ring (bicyclic) bond motifs is 1. The Labute approximate surface area is 164 Å². The van der Waals surface area contributed by atoms with Crippen LogP contribution in [0, 0.1) is 0 Å². The van der Waals surface area contributed by atoms with E-state index < -0.39 is 0 Å². The number of pyridine rings is 1. The topological polar surface area (TPSA) is 55.6 Å². The second-order valence-electron chi connectivity index (χ2n) is 5.94. The molecule has 0 aliphatic heterocycles. The zero-order valence-corrected chi connectivity index (χ0v) is 16.1. The Kier molecular flexibility index (Phi) is 4.64. The van der Waals surface area contributed by atoms with Gasteiger partial charge in [0.15, 0.2) is 0 Å². The summed E-state index contributed by atoms with van der Waals surface area (Å²) in [7, 11) is 1.37. The molecule has 0 saturated carbocycles. The van der Waals surface area contributed by atoms with Crippen LogP contribution in [0.4, 0.5) is 11.5 Å². The Morgan fingerprint density at radius 2 is 1.78 bits per heavy atom. The van der Waals surface area contributed by atoms with Crippen LogP contribution in [-0.4, -0.2) is 22.5 Å². The number of hydrogen-bond acceptors (Lipinski definition) is 4. The maximum atomic E-state index is 11.6. The van der Waals surface area contributed by atoms with Gasteiger partial charge >= 0.3 is 5.97 Å². The van der Waals surface area contributed by atoms with E-state index in [9.17, 15) is 4.79 Å². The number of hydrogen-bond donors (Lipinski definition) is 1. The van der Waals surface area contributed by atoms with Gasteiger partial charge in [0.1, 0.15) is 17.2 Å². The van der Waals surface area contributed by atoms with E-state index >= 15 is 0 Å². The first-order valence-corrected chi connectivity index (χ1v) is 9.13. The summed E-state index contributed by atoms with van der Waals surface area (Å²) >= 11 is 3.52. The zero-order valence-electron chi connectivity index (χ0n) is 14.5. The fourth-order valence-electron chi connectivity index (χ4n) is 2.88. The summed E-state index contributed by atoms with van der Waals surface area (Å²) in [6.07, 6.45) is 1.97. The SMILES string of the molecule is COC(=O)c1ccc(Nc2c(-c3ccccc3)nc3ccc(Br)cn23)cc1. The summed E-state index contributed by atoms with van der Waals surface area (Å²) in [6, 6.07) is 21.1. The standard InChI is InChI=1S/C21H16BrN3O2/c1-27-21(26)15-7-10-17(11-8-15)23-20-19(14-5-3-2-4-6-14)24-18-12-9-16(22)13-25(18)20/h2-13,23H,1H3. The molecule has 4 rings (SSSR count). The fraction of sp³-hybridized carbons (Fsp3) is 0.0476. The van der Waals surface area contributed by atoms with Crippen molar-refractivity contribution in [2.24, 2.45) is 0 Å². The van der Waals surface area contributed by atoms with Crippen LogP contribution in [0.2, 0.25) is 0 Å². The number of halogens is 1. The third-order valence-electron chi connectivity index (χ3n) is 4.20. The van der Waals surface area contributed by atoms with Crippen molar-refractivity contribution < 1.29 is 9.53 Å². The molecule has 0 unspecified atom stereocenters. The third-order valence-corrected chi connectivity index (χ3v) is 4.67. The van der Waals surface area contributed by atoms with Crippen LogP contribution in [-0.2, 0) is 4.74 Å². The minimum atomic E-state index is -0.356. The van der Waals surface area contributed by atoms with Gasteiger partial charge in [-0.05, 0) is 52.3 Å². The van der Waals surface area contributed by atoms with Gasteiger partial charge in [0.05, 0.1) is 12.7 Å². The number of rotatable bonds is 4. The molecule has 0 amide bonds. The van der Waals surface area contributed by atoms with Crippen LogP contribution in [0.1, 0.15) is 10.4 Å². The summed E-state index contributed by atoms with van der Waals surface area (Å²) in [6.45, 7) is 0. The Hall–Kier alpha value is -3.12. The normalized spacial score (nSPS) is 10.7. The maximum Gasteiger partial charge on any atom is 0.337 e. The van der Waals surface area contributed by atoms with Crippen molar-refractivity contribution in [1.29, 1.82) is 0 Å². The molecule has 0 aliphatic rings. The largest absolute Gasteiger partial charge is 0.465 e. The smallest absolute Gasteiger partial charge is 0.337 e. The van der Waals surface area contributed by atoms with Crippen molar-refractivity contribution in [3.05, 3.63) is 83.0 Å². The lowest BCUT2D eigenvalue weighted by atomic mass is 10.1. The second-order valence-corrected chi connectivity index (χ2v) is 6.86. The first-order valence-electron chi connectivity index (χ1n) is 8.34. The molecule has 6 heteroatoms. The summed E-state index contributed by atoms with van der Waals surface area (Å²) in [4.78, 5) is 16.4. The summed E-state index contributed by atoms with van der Waals surface area (Å²) in [5.41, 5.74) is 4.07. The molecule has 1 N–H and O–H groups in total. The van der Waals surface area contributed by atoms with Crippen molar-refractivity contribution in [2.75, 3.05) is 12.4 Å². The molecule has 0 atom stereocenters. The van der Waals surface area contributed by atoms with Gasteiger partial charge < -0.3 is 10.1 Å². The molecular weight excluding hydrogens is 406 g/mol. The van der Waals surface area contributed by atoms with E-state index in [2.05, 4.69) is 21.2 Å². The number of ether oxygens (including phenoxy) is 1. The quantitative estimate of drug-likeness (QED) is 0.454. The molecule has 134 valence electrons. The minimum absolute atomic E-state index is 0.356. The Balaban J connectivity index is 1.80. The van der Waals surface area contributed by atoms with Crippen LogP contribution in [0.15, 0.2) is 77.4 Å². The van der Waals surface area contributed by atoms with Crippen molar-refractivity contribution in [2.45, 2.75) is 0 Å². The highest BCUT2D eigenvalue weighted by Gasteiger charge is 2.15. The summed E-state index contributed by atoms with van der Waals surface area (Å²) in [5.74, 6) is 0.494. The Morgan fingerprint density at radius 1 is 1.04 bits per heavy atom. The van der Waals surface area contributed by atoms with Gasteiger partial charge in [-0.3, -0.25) is 4.40 Å². The van der Waals surface area contributed by atoms with Gasteiger partial charge in [0.2, 0.25) is 0 Å². The number of carbonyl (C=O) groups excluding carboxylic acids is 1. The molecule has 0 aliphatic carbocycles. The molecule has 0 radical (unpaired) electrons. The minimum Gasteiger partial charge on any atom is -0.465 e. The molecule has 27 heavy (non-hydrogen) atoms. The van der Waals surface area contributed by atoms with Gasteiger partial charge in [-0.2, -0.15) is 0 Å². The number of esters is 1. The molecule has 2 aromatic heterocycles. The first kappa shape index (κ1) is 17.3. The number of methoxy groups -OCH3 is 1. The highest BCUT2D eigenvalue weighted by molar-refractivity contribution is 9.10. The molecule has 4 aromatic rings. The summed E-state index contributed by atoms with van der Waals surface area (Å²) in [5, 5.41) is 3.43. The number of nitrogens with zero attached hydrogens (tertiary/aromatic N) is 2. The predicted molar refractivity (Wildman–Crippen MR) is 109 cm³/mol. The molecule has 0 bridgehead atoms. The number of anilines is 2. The molecule has 0 fully saturated rings. The van der Waals surface area contributed by atoms with E-state index in [0.29, 0.717) is 5.56 Å². The van der Waals surface area contributed by atoms with E-state index in [0.717, 1.165) is 32.9 Å². The van der Waals surface area contributed by atoms with E-state index in [1.54, 1.807) is 12.1 Å². The van der Waals surface area contributed by atoms with Crippen LogP contribution >= 0.6 is 15.9 Å². The van der Waals surface area contributed by atoms with Gasteiger partial charge in [-0.1, -0.05) is 30.3 Å². The average molecular weight is 422 g/mol. The molecule has 0 saturated heterocycles. The highest BCUT2D eigenvalue weighted by atomic mass is 79.9. The summed E-state index contributed by atoms with van der Waals surface area (Å²) < 4.78 is 7.71. The number of aromatic nitrogens is 2.